The summed E-state index contributed by atoms with van der Waals surface area (Å²) >= 11 is 1.55. The molecule has 20 heavy (non-hydrogen) atoms. The fourth-order valence-corrected chi connectivity index (χ4v) is 2.83. The van der Waals surface area contributed by atoms with Gasteiger partial charge in [0.25, 0.3) is 0 Å². The summed E-state index contributed by atoms with van der Waals surface area (Å²) in [5.74, 6) is 0.932. The highest BCUT2D eigenvalue weighted by molar-refractivity contribution is 7.04. The Morgan fingerprint density at radius 2 is 1.70 bits per heavy atom. The molecular formula is C16H15N3S. The van der Waals surface area contributed by atoms with Crippen molar-refractivity contribution in [2.24, 2.45) is 4.99 Å². The molecule has 0 atom stereocenters. The zero-order valence-corrected chi connectivity index (χ0v) is 12.3. The first kappa shape index (κ1) is 12.8. The summed E-state index contributed by atoms with van der Waals surface area (Å²) < 4.78 is 2.12. The van der Waals surface area contributed by atoms with Crippen molar-refractivity contribution in [2.45, 2.75) is 6.92 Å². The predicted molar refractivity (Wildman–Crippen MR) is 83.1 cm³/mol. The van der Waals surface area contributed by atoms with Crippen molar-refractivity contribution in [1.29, 1.82) is 0 Å². The number of aryl methyl sites for hydroxylation is 1. The Morgan fingerprint density at radius 1 is 1.00 bits per heavy atom. The number of hydrogen-bond acceptors (Lipinski definition) is 3. The van der Waals surface area contributed by atoms with Gasteiger partial charge >= 0.3 is 0 Å². The van der Waals surface area contributed by atoms with Crippen LogP contribution in [-0.2, 0) is 0 Å². The second-order valence-corrected chi connectivity index (χ2v) is 5.44. The van der Waals surface area contributed by atoms with Gasteiger partial charge in [-0.25, -0.2) is 3.96 Å². The van der Waals surface area contributed by atoms with E-state index in [9.17, 15) is 0 Å². The molecule has 3 aromatic rings. The minimum Gasteiger partial charge on any atom is -0.260 e. The maximum Gasteiger partial charge on any atom is 0.222 e. The molecule has 0 spiro atoms. The second kappa shape index (κ2) is 5.43. The largest absolute Gasteiger partial charge is 0.260 e. The maximum absolute atomic E-state index is 4.62. The van der Waals surface area contributed by atoms with Crippen LogP contribution in [0.3, 0.4) is 0 Å². The van der Waals surface area contributed by atoms with Crippen LogP contribution in [0.15, 0.2) is 59.6 Å². The Hall–Kier alpha value is -2.20. The van der Waals surface area contributed by atoms with E-state index in [0.717, 1.165) is 21.9 Å². The topological polar surface area (TPSA) is 30.2 Å². The summed E-state index contributed by atoms with van der Waals surface area (Å²) in [4.78, 5) is 9.61. The molecule has 0 saturated carbocycles. The fourth-order valence-electron chi connectivity index (χ4n) is 1.99. The molecule has 4 heteroatoms. The first-order valence-electron chi connectivity index (χ1n) is 6.43. The molecule has 100 valence electrons. The molecule has 2 aromatic carbocycles. The van der Waals surface area contributed by atoms with Gasteiger partial charge in [-0.2, -0.15) is 4.98 Å². The van der Waals surface area contributed by atoms with Crippen LogP contribution >= 0.6 is 11.5 Å². The number of aromatic nitrogens is 2. The molecule has 3 rings (SSSR count). The van der Waals surface area contributed by atoms with E-state index >= 15 is 0 Å². The van der Waals surface area contributed by atoms with Crippen LogP contribution in [0.25, 0.3) is 17.1 Å². The van der Waals surface area contributed by atoms with Gasteiger partial charge in [0.05, 0.1) is 5.69 Å². The third-order valence-corrected chi connectivity index (χ3v) is 4.06. The van der Waals surface area contributed by atoms with E-state index in [4.69, 9.17) is 0 Å². The third kappa shape index (κ3) is 2.42. The molecule has 0 N–H and O–H groups in total. The summed E-state index contributed by atoms with van der Waals surface area (Å²) in [6.45, 7) is 2.09. The molecule has 0 bridgehead atoms. The number of rotatable bonds is 2. The van der Waals surface area contributed by atoms with Crippen LogP contribution in [0.5, 0.6) is 0 Å². The van der Waals surface area contributed by atoms with Gasteiger partial charge in [-0.15, -0.1) is 0 Å². The minimum atomic E-state index is 0.782. The van der Waals surface area contributed by atoms with Gasteiger partial charge in [-0.1, -0.05) is 48.0 Å². The van der Waals surface area contributed by atoms with Crippen molar-refractivity contribution >= 4 is 11.5 Å². The summed E-state index contributed by atoms with van der Waals surface area (Å²) in [7, 11) is 1.77. The molecule has 1 heterocycles. The Morgan fingerprint density at radius 3 is 2.35 bits per heavy atom. The van der Waals surface area contributed by atoms with Crippen molar-refractivity contribution in [1.82, 2.24) is 8.94 Å². The van der Waals surface area contributed by atoms with E-state index in [1.165, 1.54) is 5.56 Å². The van der Waals surface area contributed by atoms with Crippen LogP contribution in [-0.4, -0.2) is 16.0 Å². The lowest BCUT2D eigenvalue weighted by molar-refractivity contribution is 1.12. The molecule has 0 aliphatic carbocycles. The van der Waals surface area contributed by atoms with E-state index in [1.54, 1.807) is 18.6 Å². The molecule has 3 nitrogen and oxygen atoms in total. The van der Waals surface area contributed by atoms with E-state index in [0.29, 0.717) is 0 Å². The second-order valence-electron chi connectivity index (χ2n) is 4.53. The highest BCUT2D eigenvalue weighted by Gasteiger charge is 2.10. The van der Waals surface area contributed by atoms with E-state index in [-0.39, 0.29) is 0 Å². The SMILES string of the molecule is CN=c1nc(-c2ccc(C)cc2)n(-c2ccccc2)s1. The maximum atomic E-state index is 4.62. The molecule has 0 fully saturated rings. The Balaban J connectivity index is 2.20. The van der Waals surface area contributed by atoms with Crippen LogP contribution in [0.4, 0.5) is 0 Å². The van der Waals surface area contributed by atoms with Crippen LogP contribution in [0.1, 0.15) is 5.56 Å². The number of benzene rings is 2. The third-order valence-electron chi connectivity index (χ3n) is 3.06. The van der Waals surface area contributed by atoms with Gasteiger partial charge in [0.1, 0.15) is 0 Å². The van der Waals surface area contributed by atoms with Crippen LogP contribution in [0, 0.1) is 6.92 Å². The molecule has 0 unspecified atom stereocenters. The van der Waals surface area contributed by atoms with Gasteiger partial charge in [-0.05, 0) is 30.6 Å². The average molecular weight is 281 g/mol. The molecule has 0 amide bonds. The fraction of sp³-hybridized carbons (Fsp3) is 0.125. The summed E-state index contributed by atoms with van der Waals surface area (Å²) in [6.07, 6.45) is 0. The molecule has 0 aliphatic heterocycles. The standard InChI is InChI=1S/C16H15N3S/c1-12-8-10-13(11-9-12)15-18-16(17-2)20-19(15)14-6-4-3-5-7-14/h3-11H,1-2H3. The van der Waals surface area contributed by atoms with Crippen molar-refractivity contribution < 1.29 is 0 Å². The molecule has 0 saturated heterocycles. The minimum absolute atomic E-state index is 0.782. The zero-order valence-electron chi connectivity index (χ0n) is 11.4. The lowest BCUT2D eigenvalue weighted by Crippen LogP contribution is -1.96. The number of nitrogens with zero attached hydrogens (tertiary/aromatic N) is 3. The molecule has 0 aliphatic rings. The summed E-state index contributed by atoms with van der Waals surface area (Å²) in [5.41, 5.74) is 3.46. The average Bonchev–Trinajstić information content (AvgIpc) is 2.93. The molecule has 0 radical (unpaired) electrons. The molecule has 1 aromatic heterocycles. The van der Waals surface area contributed by atoms with Gasteiger partial charge in [0, 0.05) is 12.6 Å². The Kier molecular flexibility index (Phi) is 3.48. The summed E-state index contributed by atoms with van der Waals surface area (Å²) in [6, 6.07) is 18.6. The van der Waals surface area contributed by atoms with E-state index in [2.05, 4.69) is 57.3 Å². The highest BCUT2D eigenvalue weighted by Crippen LogP contribution is 2.22. The lowest BCUT2D eigenvalue weighted by atomic mass is 10.1. The summed E-state index contributed by atoms with van der Waals surface area (Å²) in [5, 5.41) is 0. The van der Waals surface area contributed by atoms with Gasteiger partial charge in [-0.3, -0.25) is 4.99 Å². The normalized spacial score (nSPS) is 11.8. The van der Waals surface area contributed by atoms with Crippen molar-refractivity contribution in [3.8, 4) is 17.1 Å². The quantitative estimate of drug-likeness (QED) is 0.707. The van der Waals surface area contributed by atoms with Crippen molar-refractivity contribution in [3.05, 3.63) is 65.0 Å². The number of para-hydroxylation sites is 1. The monoisotopic (exact) mass is 281 g/mol. The highest BCUT2D eigenvalue weighted by atomic mass is 32.1. The number of hydrogen-bond donors (Lipinski definition) is 0. The smallest absolute Gasteiger partial charge is 0.222 e. The first-order valence-corrected chi connectivity index (χ1v) is 7.21. The zero-order chi connectivity index (χ0) is 13.9. The van der Waals surface area contributed by atoms with Crippen LogP contribution in [0.2, 0.25) is 0 Å². The van der Waals surface area contributed by atoms with E-state index in [1.807, 2.05) is 18.2 Å². The van der Waals surface area contributed by atoms with Gasteiger partial charge in [0.2, 0.25) is 4.80 Å². The Labute approximate surface area is 122 Å². The van der Waals surface area contributed by atoms with Crippen LogP contribution < -0.4 is 4.80 Å². The lowest BCUT2D eigenvalue weighted by Gasteiger charge is -2.06. The van der Waals surface area contributed by atoms with Gasteiger partial charge in [0.15, 0.2) is 5.82 Å². The van der Waals surface area contributed by atoms with E-state index < -0.39 is 0 Å². The van der Waals surface area contributed by atoms with Crippen molar-refractivity contribution in [2.75, 3.05) is 7.05 Å². The Bertz CT molecular complexity index is 767. The molecular weight excluding hydrogens is 266 g/mol. The predicted octanol–water partition coefficient (Wildman–Crippen LogP) is 3.44. The van der Waals surface area contributed by atoms with Gasteiger partial charge < -0.3 is 0 Å². The first-order chi connectivity index (χ1) is 9.78. The van der Waals surface area contributed by atoms with Crippen molar-refractivity contribution in [3.63, 3.8) is 0 Å².